The standard InChI is InChI=1S/C31H41N5O/c1-22(20-23(2)29(14-17-32-4)28-12-13-30(33-5)34-21-28)24(3)36-18-15-26(16-19-36)25-8-10-27(11-9-25)31(37)35(6)7/h8-14,17,20-21,24,26H,2,15-16,18-19H2,1,3-7H3,(H,33,34)/b22-20+,29-14+,32-17?. The summed E-state index contributed by atoms with van der Waals surface area (Å²) in [5, 5.41) is 3.06. The van der Waals surface area contributed by atoms with Crippen LogP contribution in [0.15, 0.2) is 77.5 Å². The van der Waals surface area contributed by atoms with Gasteiger partial charge in [0, 0.05) is 57.8 Å². The Bertz CT molecular complexity index is 1150. The van der Waals surface area contributed by atoms with Crippen LogP contribution in [0, 0.1) is 0 Å². The van der Waals surface area contributed by atoms with E-state index in [-0.39, 0.29) is 5.91 Å². The minimum atomic E-state index is 0.0465. The molecule has 1 fully saturated rings. The molecule has 3 rings (SSSR count). The van der Waals surface area contributed by atoms with Crippen LogP contribution in [0.25, 0.3) is 5.57 Å². The van der Waals surface area contributed by atoms with Gasteiger partial charge in [0.05, 0.1) is 0 Å². The molecule has 1 aromatic heterocycles. The average molecular weight is 500 g/mol. The Labute approximate surface area is 222 Å². The number of hydrogen-bond donors (Lipinski definition) is 1. The highest BCUT2D eigenvalue weighted by molar-refractivity contribution is 5.94. The van der Waals surface area contributed by atoms with Crippen molar-refractivity contribution < 1.29 is 4.79 Å². The summed E-state index contributed by atoms with van der Waals surface area (Å²) in [5.41, 5.74) is 6.34. The van der Waals surface area contributed by atoms with Gasteiger partial charge in [-0.1, -0.05) is 30.4 Å². The third kappa shape index (κ3) is 7.26. The number of benzene rings is 1. The SMILES string of the molecule is C=C(/C=C(\C)C(C)N1CCC(c2ccc(C(=O)N(C)C)cc2)CC1)/C(=C\C=NC)c1ccc(NC)nc1. The largest absolute Gasteiger partial charge is 0.373 e. The highest BCUT2D eigenvalue weighted by Gasteiger charge is 2.25. The number of aliphatic imine (C=N–C) groups is 1. The maximum absolute atomic E-state index is 12.2. The number of pyridine rings is 1. The zero-order valence-electron chi connectivity index (χ0n) is 23.2. The van der Waals surface area contributed by atoms with Gasteiger partial charge in [-0.25, -0.2) is 4.98 Å². The Morgan fingerprint density at radius 2 is 1.81 bits per heavy atom. The fraction of sp³-hybridized carbons (Fsp3) is 0.387. The number of allylic oxidation sites excluding steroid dienone is 4. The predicted molar refractivity (Wildman–Crippen MR) is 157 cm³/mol. The molecule has 1 unspecified atom stereocenters. The summed E-state index contributed by atoms with van der Waals surface area (Å²) in [6.45, 7) is 10.9. The number of nitrogens with one attached hydrogen (secondary N) is 1. The van der Waals surface area contributed by atoms with Crippen molar-refractivity contribution in [3.8, 4) is 0 Å². The molecule has 1 atom stereocenters. The van der Waals surface area contributed by atoms with Crippen LogP contribution in [0.1, 0.15) is 54.1 Å². The molecule has 1 saturated heterocycles. The smallest absolute Gasteiger partial charge is 0.253 e. The zero-order chi connectivity index (χ0) is 26.9. The lowest BCUT2D eigenvalue weighted by atomic mass is 9.88. The van der Waals surface area contributed by atoms with Crippen molar-refractivity contribution >= 4 is 23.5 Å². The van der Waals surface area contributed by atoms with Gasteiger partial charge in [-0.15, -0.1) is 0 Å². The van der Waals surface area contributed by atoms with E-state index in [2.05, 4.69) is 64.9 Å². The minimum Gasteiger partial charge on any atom is -0.373 e. The van der Waals surface area contributed by atoms with Gasteiger partial charge in [-0.2, -0.15) is 0 Å². The average Bonchev–Trinajstić information content (AvgIpc) is 2.92. The van der Waals surface area contributed by atoms with Crippen LogP contribution in [0.5, 0.6) is 0 Å². The highest BCUT2D eigenvalue weighted by Crippen LogP contribution is 2.31. The molecule has 0 aliphatic carbocycles. The van der Waals surface area contributed by atoms with E-state index in [4.69, 9.17) is 0 Å². The second kappa shape index (κ2) is 13.2. The van der Waals surface area contributed by atoms with Gasteiger partial charge in [-0.05, 0) is 92.7 Å². The summed E-state index contributed by atoms with van der Waals surface area (Å²) < 4.78 is 0. The first-order chi connectivity index (χ1) is 17.7. The summed E-state index contributed by atoms with van der Waals surface area (Å²) in [5.74, 6) is 1.41. The second-order valence-electron chi connectivity index (χ2n) is 9.89. The normalized spacial score (nSPS) is 16.6. The molecule has 6 heteroatoms. The number of piperidine rings is 1. The molecule has 1 aromatic carbocycles. The van der Waals surface area contributed by atoms with Crippen LogP contribution >= 0.6 is 0 Å². The Hall–Kier alpha value is -3.51. The third-order valence-electron chi connectivity index (χ3n) is 7.24. The lowest BCUT2D eigenvalue weighted by Gasteiger charge is -2.37. The van der Waals surface area contributed by atoms with Crippen LogP contribution < -0.4 is 5.32 Å². The first kappa shape index (κ1) is 28.1. The van der Waals surface area contributed by atoms with Crippen LogP contribution in [0.2, 0.25) is 0 Å². The van der Waals surface area contributed by atoms with Crippen LogP contribution in [0.4, 0.5) is 5.82 Å². The van der Waals surface area contributed by atoms with Gasteiger partial charge in [-0.3, -0.25) is 14.7 Å². The van der Waals surface area contributed by atoms with E-state index in [0.717, 1.165) is 54.0 Å². The van der Waals surface area contributed by atoms with E-state index in [1.165, 1.54) is 11.1 Å². The van der Waals surface area contributed by atoms with E-state index < -0.39 is 0 Å². The number of aromatic nitrogens is 1. The van der Waals surface area contributed by atoms with E-state index in [1.54, 1.807) is 32.3 Å². The lowest BCUT2D eigenvalue weighted by molar-refractivity contribution is 0.0827. The first-order valence-corrected chi connectivity index (χ1v) is 12.9. The number of likely N-dealkylation sites (tertiary alicyclic amines) is 1. The first-order valence-electron chi connectivity index (χ1n) is 12.9. The molecule has 2 heterocycles. The van der Waals surface area contributed by atoms with Crippen LogP contribution in [-0.2, 0) is 0 Å². The fourth-order valence-electron chi connectivity index (χ4n) is 4.78. The number of hydrogen-bond acceptors (Lipinski definition) is 5. The van der Waals surface area contributed by atoms with Crippen molar-refractivity contribution in [2.45, 2.75) is 38.6 Å². The predicted octanol–water partition coefficient (Wildman–Crippen LogP) is 5.68. The molecule has 1 aliphatic rings. The molecule has 37 heavy (non-hydrogen) atoms. The molecule has 0 radical (unpaired) electrons. The topological polar surface area (TPSA) is 60.8 Å². The van der Waals surface area contributed by atoms with Crippen molar-refractivity contribution in [1.29, 1.82) is 0 Å². The van der Waals surface area contributed by atoms with Gasteiger partial charge >= 0.3 is 0 Å². The van der Waals surface area contributed by atoms with Crippen LogP contribution in [0.3, 0.4) is 0 Å². The molecule has 1 amide bonds. The number of nitrogens with zero attached hydrogens (tertiary/aromatic N) is 4. The van der Waals surface area contributed by atoms with Gasteiger partial charge < -0.3 is 10.2 Å². The van der Waals surface area contributed by atoms with E-state index in [9.17, 15) is 4.79 Å². The summed E-state index contributed by atoms with van der Waals surface area (Å²) in [7, 11) is 7.20. The maximum Gasteiger partial charge on any atom is 0.253 e. The van der Waals surface area contributed by atoms with E-state index >= 15 is 0 Å². The molecular weight excluding hydrogens is 458 g/mol. The highest BCUT2D eigenvalue weighted by atomic mass is 16.2. The van der Waals surface area contributed by atoms with Crippen molar-refractivity contribution in [2.75, 3.05) is 46.6 Å². The van der Waals surface area contributed by atoms with Crippen molar-refractivity contribution in [3.05, 3.63) is 89.2 Å². The monoisotopic (exact) mass is 499 g/mol. The molecule has 1 N–H and O–H groups in total. The molecule has 6 nitrogen and oxygen atoms in total. The number of amides is 1. The summed E-state index contributed by atoms with van der Waals surface area (Å²) in [4.78, 5) is 25.0. The van der Waals surface area contributed by atoms with Crippen molar-refractivity contribution in [1.82, 2.24) is 14.8 Å². The molecule has 0 bridgehead atoms. The number of carbonyl (C=O) groups excluding carboxylic acids is 1. The Balaban J connectivity index is 1.65. The quantitative estimate of drug-likeness (QED) is 0.356. The third-order valence-corrected chi connectivity index (χ3v) is 7.24. The Morgan fingerprint density at radius 3 is 2.35 bits per heavy atom. The molecule has 2 aromatic rings. The second-order valence-corrected chi connectivity index (χ2v) is 9.89. The molecule has 1 aliphatic heterocycles. The van der Waals surface area contributed by atoms with Crippen molar-refractivity contribution in [3.63, 3.8) is 0 Å². The Morgan fingerprint density at radius 1 is 1.16 bits per heavy atom. The van der Waals surface area contributed by atoms with Crippen LogP contribution in [-0.4, -0.2) is 74.2 Å². The summed E-state index contributed by atoms with van der Waals surface area (Å²) in [6, 6.07) is 12.5. The minimum absolute atomic E-state index is 0.0465. The van der Waals surface area contributed by atoms with Crippen molar-refractivity contribution in [2.24, 2.45) is 4.99 Å². The van der Waals surface area contributed by atoms with E-state index in [1.807, 2.05) is 37.5 Å². The summed E-state index contributed by atoms with van der Waals surface area (Å²) in [6.07, 6.45) is 10.1. The molecule has 0 saturated carbocycles. The molecule has 196 valence electrons. The fourth-order valence-corrected chi connectivity index (χ4v) is 4.78. The van der Waals surface area contributed by atoms with Gasteiger partial charge in [0.1, 0.15) is 5.82 Å². The Kier molecular flexibility index (Phi) is 9.98. The van der Waals surface area contributed by atoms with Gasteiger partial charge in [0.2, 0.25) is 0 Å². The zero-order valence-corrected chi connectivity index (χ0v) is 23.2. The lowest BCUT2D eigenvalue weighted by Crippen LogP contribution is -2.40. The van der Waals surface area contributed by atoms with Gasteiger partial charge in [0.15, 0.2) is 0 Å². The number of carbonyl (C=O) groups is 1. The number of rotatable bonds is 9. The summed E-state index contributed by atoms with van der Waals surface area (Å²) >= 11 is 0. The van der Waals surface area contributed by atoms with E-state index in [0.29, 0.717) is 12.0 Å². The van der Waals surface area contributed by atoms with Gasteiger partial charge in [0.25, 0.3) is 5.91 Å². The number of anilines is 1. The molecule has 0 spiro atoms. The molecular formula is C31H41N5O. The maximum atomic E-state index is 12.2.